The Balaban J connectivity index is 1.42. The predicted molar refractivity (Wildman–Crippen MR) is 150 cm³/mol. The van der Waals surface area contributed by atoms with Crippen molar-refractivity contribution in [2.24, 2.45) is 0 Å². The Bertz CT molecular complexity index is 1630. The monoisotopic (exact) mass is 553 g/mol. The number of pyridine rings is 1. The van der Waals surface area contributed by atoms with Crippen molar-refractivity contribution in [2.45, 2.75) is 38.8 Å². The smallest absolute Gasteiger partial charge is 0.309 e. The van der Waals surface area contributed by atoms with Gasteiger partial charge >= 0.3 is 5.56 Å². The first-order chi connectivity index (χ1) is 18.6. The highest BCUT2D eigenvalue weighted by molar-refractivity contribution is 7.16. The van der Waals surface area contributed by atoms with E-state index in [1.54, 1.807) is 26.1 Å². The van der Waals surface area contributed by atoms with E-state index in [1.165, 1.54) is 10.6 Å². The van der Waals surface area contributed by atoms with Gasteiger partial charge in [0.15, 0.2) is 5.82 Å². The van der Waals surface area contributed by atoms with Gasteiger partial charge in [0, 0.05) is 30.7 Å². The molecule has 0 bridgehead atoms. The number of hydrogen-bond acceptors (Lipinski definition) is 9. The van der Waals surface area contributed by atoms with Crippen LogP contribution in [0, 0.1) is 11.6 Å². The molecule has 9 nitrogen and oxygen atoms in total. The molecule has 1 aromatic carbocycles. The van der Waals surface area contributed by atoms with Crippen LogP contribution in [0.4, 0.5) is 26.2 Å². The minimum absolute atomic E-state index is 0.0279. The van der Waals surface area contributed by atoms with Crippen LogP contribution < -0.4 is 20.5 Å². The number of nitrogens with zero attached hydrogens (tertiary/aromatic N) is 6. The molecule has 1 saturated heterocycles. The molecule has 1 aliphatic heterocycles. The molecule has 0 amide bonds. The third kappa shape index (κ3) is 5.39. The molecule has 5 rings (SSSR count). The highest BCUT2D eigenvalue weighted by Crippen LogP contribution is 2.30. The second kappa shape index (κ2) is 10.8. The van der Waals surface area contributed by atoms with Gasteiger partial charge < -0.3 is 19.7 Å². The molecule has 3 aromatic heterocycles. The summed E-state index contributed by atoms with van der Waals surface area (Å²) in [6, 6.07) is 6.52. The van der Waals surface area contributed by atoms with E-state index in [0.717, 1.165) is 43.9 Å². The standard InChI is InChI=1S/C27H29F2N7O2S/c1-15(2)36-21-12-16(11-19(28)24(21)39-26(38)25(36)37)23-20(29)14-31-27(33-23)32-22-6-5-18(13-30-22)35-9-7-17(8-10-35)34(3)4/h5-6,11-15,17H,7-10H2,1-4H3,(H,30,31,32,33). The van der Waals surface area contributed by atoms with Crippen molar-refractivity contribution in [3.8, 4) is 11.3 Å². The van der Waals surface area contributed by atoms with Crippen LogP contribution in [0.25, 0.3) is 21.5 Å². The van der Waals surface area contributed by atoms with Crippen molar-refractivity contribution in [3.05, 3.63) is 68.2 Å². The van der Waals surface area contributed by atoms with Gasteiger partial charge in [-0.3, -0.25) is 9.59 Å². The molecular formula is C27H29F2N7O2S. The predicted octanol–water partition coefficient (Wildman–Crippen LogP) is 4.41. The maximum atomic E-state index is 15.1. The number of fused-ring (bicyclic) bond motifs is 1. The lowest BCUT2D eigenvalue weighted by atomic mass is 10.0. The minimum Gasteiger partial charge on any atom is -0.370 e. The topological polar surface area (TPSA) is 96.2 Å². The van der Waals surface area contributed by atoms with Gasteiger partial charge in [-0.2, -0.15) is 0 Å². The third-order valence-electron chi connectivity index (χ3n) is 6.95. The van der Waals surface area contributed by atoms with Crippen LogP contribution in [0.2, 0.25) is 0 Å². The quantitative estimate of drug-likeness (QED) is 0.351. The molecule has 4 heterocycles. The number of halogens is 2. The first kappa shape index (κ1) is 26.8. The largest absolute Gasteiger partial charge is 0.370 e. The molecular weight excluding hydrogens is 524 g/mol. The van der Waals surface area contributed by atoms with Gasteiger partial charge in [0.1, 0.15) is 17.3 Å². The van der Waals surface area contributed by atoms with Gasteiger partial charge in [0.25, 0.3) is 4.74 Å². The van der Waals surface area contributed by atoms with Crippen LogP contribution in [0.15, 0.2) is 46.2 Å². The summed E-state index contributed by atoms with van der Waals surface area (Å²) in [4.78, 5) is 41.9. The number of piperidine rings is 1. The Morgan fingerprint density at radius 1 is 1.05 bits per heavy atom. The summed E-state index contributed by atoms with van der Waals surface area (Å²) in [6.45, 7) is 5.33. The van der Waals surface area contributed by atoms with E-state index in [4.69, 9.17) is 0 Å². The SMILES string of the molecule is CC(C)n1c(=O)c(=O)sc2c(F)cc(-c3nc(Nc4ccc(N5CCC(N(C)C)CC5)cn4)ncc3F)cc21. The molecule has 1 fully saturated rings. The number of nitrogens with one attached hydrogen (secondary N) is 1. The summed E-state index contributed by atoms with van der Waals surface area (Å²) in [5.41, 5.74) is 0.443. The van der Waals surface area contributed by atoms with Crippen LogP contribution >= 0.6 is 11.3 Å². The van der Waals surface area contributed by atoms with Gasteiger partial charge in [-0.1, -0.05) is 11.3 Å². The molecule has 4 aromatic rings. The molecule has 12 heteroatoms. The number of rotatable bonds is 6. The zero-order valence-electron chi connectivity index (χ0n) is 22.1. The molecule has 0 saturated carbocycles. The van der Waals surface area contributed by atoms with E-state index in [1.807, 2.05) is 6.07 Å². The summed E-state index contributed by atoms with van der Waals surface area (Å²) in [5.74, 6) is -0.940. The second-order valence-electron chi connectivity index (χ2n) is 10.1. The van der Waals surface area contributed by atoms with Crippen molar-refractivity contribution in [1.82, 2.24) is 24.4 Å². The first-order valence-electron chi connectivity index (χ1n) is 12.7. The van der Waals surface area contributed by atoms with Gasteiger partial charge in [-0.25, -0.2) is 23.7 Å². The van der Waals surface area contributed by atoms with Gasteiger partial charge in [0.2, 0.25) is 5.95 Å². The fourth-order valence-electron chi connectivity index (χ4n) is 4.88. The molecule has 39 heavy (non-hydrogen) atoms. The summed E-state index contributed by atoms with van der Waals surface area (Å²) in [7, 11) is 4.21. The summed E-state index contributed by atoms with van der Waals surface area (Å²) >= 11 is 0.536. The van der Waals surface area contributed by atoms with Crippen molar-refractivity contribution in [1.29, 1.82) is 0 Å². The molecule has 1 aliphatic rings. The Morgan fingerprint density at radius 2 is 1.79 bits per heavy atom. The highest BCUT2D eigenvalue weighted by Gasteiger charge is 2.21. The second-order valence-corrected chi connectivity index (χ2v) is 11.0. The molecule has 0 spiro atoms. The van der Waals surface area contributed by atoms with Crippen LogP contribution in [0.5, 0.6) is 0 Å². The number of anilines is 3. The molecule has 0 unspecified atom stereocenters. The van der Waals surface area contributed by atoms with E-state index >= 15 is 4.39 Å². The summed E-state index contributed by atoms with van der Waals surface area (Å²) in [6.07, 6.45) is 4.94. The van der Waals surface area contributed by atoms with Crippen LogP contribution in [0.1, 0.15) is 32.7 Å². The fraction of sp³-hybridized carbons (Fsp3) is 0.370. The number of benzene rings is 1. The Morgan fingerprint density at radius 3 is 2.44 bits per heavy atom. The van der Waals surface area contributed by atoms with Crippen LogP contribution in [0.3, 0.4) is 0 Å². The third-order valence-corrected chi connectivity index (χ3v) is 7.92. The maximum Gasteiger partial charge on any atom is 0.309 e. The van der Waals surface area contributed by atoms with Crippen molar-refractivity contribution < 1.29 is 8.78 Å². The maximum absolute atomic E-state index is 15.1. The summed E-state index contributed by atoms with van der Waals surface area (Å²) in [5, 5.41) is 2.98. The first-order valence-corrected chi connectivity index (χ1v) is 13.5. The normalized spacial score (nSPS) is 14.5. The van der Waals surface area contributed by atoms with E-state index in [0.29, 0.717) is 23.2 Å². The van der Waals surface area contributed by atoms with Gasteiger partial charge in [-0.15, -0.1) is 0 Å². The van der Waals surface area contributed by atoms with Gasteiger partial charge in [-0.05, 0) is 65.0 Å². The Hall–Kier alpha value is -3.77. The van der Waals surface area contributed by atoms with Crippen molar-refractivity contribution in [2.75, 3.05) is 37.4 Å². The van der Waals surface area contributed by atoms with Crippen LogP contribution in [-0.2, 0) is 0 Å². The Kier molecular flexibility index (Phi) is 7.41. The molecule has 0 atom stereocenters. The van der Waals surface area contributed by atoms with Gasteiger partial charge in [0.05, 0.1) is 28.3 Å². The molecule has 0 radical (unpaired) electrons. The number of hydrogen-bond donors (Lipinski definition) is 1. The van der Waals surface area contributed by atoms with E-state index < -0.39 is 28.0 Å². The zero-order chi connectivity index (χ0) is 27.8. The average molecular weight is 554 g/mol. The molecule has 1 N–H and O–H groups in total. The minimum atomic E-state index is -0.765. The van der Waals surface area contributed by atoms with Crippen LogP contribution in [-0.4, -0.2) is 57.6 Å². The lowest BCUT2D eigenvalue weighted by Gasteiger charge is -2.36. The van der Waals surface area contributed by atoms with E-state index in [-0.39, 0.29) is 27.4 Å². The van der Waals surface area contributed by atoms with E-state index in [9.17, 15) is 14.0 Å². The van der Waals surface area contributed by atoms with E-state index in [2.05, 4.69) is 44.2 Å². The van der Waals surface area contributed by atoms with Crippen molar-refractivity contribution in [3.63, 3.8) is 0 Å². The number of aromatic nitrogens is 4. The highest BCUT2D eigenvalue weighted by atomic mass is 32.1. The molecule has 204 valence electrons. The fourth-order valence-corrected chi connectivity index (χ4v) is 5.67. The lowest BCUT2D eigenvalue weighted by molar-refractivity contribution is 0.249. The Labute approximate surface area is 227 Å². The molecule has 0 aliphatic carbocycles. The van der Waals surface area contributed by atoms with Crippen molar-refractivity contribution >= 4 is 39.0 Å². The summed E-state index contributed by atoms with van der Waals surface area (Å²) < 4.78 is 30.4. The zero-order valence-corrected chi connectivity index (χ0v) is 22.9. The average Bonchev–Trinajstić information content (AvgIpc) is 2.91. The lowest BCUT2D eigenvalue weighted by Crippen LogP contribution is -2.42.